The van der Waals surface area contributed by atoms with E-state index in [4.69, 9.17) is 23.2 Å². The first kappa shape index (κ1) is 18.9. The van der Waals surface area contributed by atoms with Crippen LogP contribution in [0.2, 0.25) is 10.0 Å². The fourth-order valence-electron chi connectivity index (χ4n) is 2.01. The van der Waals surface area contributed by atoms with Crippen molar-refractivity contribution in [1.82, 2.24) is 0 Å². The number of anilines is 2. The average Bonchev–Trinajstić information content (AvgIpc) is 2.49. The fraction of sp³-hybridized carbons (Fsp3) is 0.294. The number of halogens is 2. The predicted molar refractivity (Wildman–Crippen MR) is 102 cm³/mol. The van der Waals surface area contributed by atoms with Gasteiger partial charge in [0, 0.05) is 6.54 Å². The Bertz CT molecular complexity index is 819. The van der Waals surface area contributed by atoms with E-state index < -0.39 is 10.0 Å². The van der Waals surface area contributed by atoms with E-state index in [1.54, 1.807) is 30.3 Å². The number of aryl methyl sites for hydroxylation is 1. The molecule has 0 amide bonds. The molecule has 0 fully saturated rings. The Morgan fingerprint density at radius 3 is 2.08 bits per heavy atom. The van der Waals surface area contributed by atoms with E-state index in [0.717, 1.165) is 5.56 Å². The summed E-state index contributed by atoms with van der Waals surface area (Å²) in [5.74, 6) is 0.390. The molecule has 4 nitrogen and oxygen atoms in total. The first-order valence-electron chi connectivity index (χ1n) is 7.51. The summed E-state index contributed by atoms with van der Waals surface area (Å²) in [4.78, 5) is 0.189. The number of benzene rings is 2. The highest BCUT2D eigenvalue weighted by atomic mass is 35.5. The molecule has 130 valence electrons. The number of rotatable bonds is 6. The van der Waals surface area contributed by atoms with Crippen LogP contribution in [0.3, 0.4) is 0 Å². The van der Waals surface area contributed by atoms with Crippen LogP contribution in [-0.4, -0.2) is 15.0 Å². The van der Waals surface area contributed by atoms with Crippen molar-refractivity contribution in [2.24, 2.45) is 5.92 Å². The normalized spacial score (nSPS) is 11.6. The van der Waals surface area contributed by atoms with Crippen molar-refractivity contribution in [2.75, 3.05) is 16.6 Å². The molecule has 0 atom stereocenters. The minimum Gasteiger partial charge on any atom is -0.383 e. The SMILES string of the molecule is Cc1ccc(S(=O)(=O)Nc2cc(Cl)c(Cl)cc2NCC(C)C)cc1. The van der Waals surface area contributed by atoms with Gasteiger partial charge in [0.1, 0.15) is 0 Å². The second-order valence-electron chi connectivity index (χ2n) is 6.01. The molecule has 0 saturated heterocycles. The van der Waals surface area contributed by atoms with Crippen LogP contribution in [0.25, 0.3) is 0 Å². The van der Waals surface area contributed by atoms with Crippen LogP contribution in [-0.2, 0) is 10.0 Å². The Morgan fingerprint density at radius 1 is 1.00 bits per heavy atom. The molecule has 0 aliphatic heterocycles. The smallest absolute Gasteiger partial charge is 0.261 e. The molecule has 24 heavy (non-hydrogen) atoms. The van der Waals surface area contributed by atoms with Crippen LogP contribution in [0, 0.1) is 12.8 Å². The quantitative estimate of drug-likeness (QED) is 0.719. The standard InChI is InChI=1S/C17H20Cl2N2O2S/c1-11(2)10-20-16-8-14(18)15(19)9-17(16)21-24(22,23)13-6-4-12(3)5-7-13/h4-9,11,20-21H,10H2,1-3H3. The van der Waals surface area contributed by atoms with Crippen LogP contribution in [0.15, 0.2) is 41.3 Å². The third kappa shape index (κ3) is 4.79. The highest BCUT2D eigenvalue weighted by Crippen LogP contribution is 2.34. The van der Waals surface area contributed by atoms with Gasteiger partial charge in [0.2, 0.25) is 0 Å². The number of sulfonamides is 1. The summed E-state index contributed by atoms with van der Waals surface area (Å²) in [5, 5.41) is 3.84. The van der Waals surface area contributed by atoms with Crippen LogP contribution in [0.1, 0.15) is 19.4 Å². The minimum atomic E-state index is -3.71. The Balaban J connectivity index is 2.36. The maximum Gasteiger partial charge on any atom is 0.261 e. The zero-order chi connectivity index (χ0) is 17.9. The molecule has 7 heteroatoms. The molecule has 2 rings (SSSR count). The van der Waals surface area contributed by atoms with Gasteiger partial charge in [-0.1, -0.05) is 54.7 Å². The molecule has 0 aliphatic carbocycles. The monoisotopic (exact) mass is 386 g/mol. The van der Waals surface area contributed by atoms with Gasteiger partial charge in [0.05, 0.1) is 26.3 Å². The summed E-state index contributed by atoms with van der Waals surface area (Å²) in [6, 6.07) is 9.77. The van der Waals surface area contributed by atoms with Crippen molar-refractivity contribution in [1.29, 1.82) is 0 Å². The fourth-order valence-corrected chi connectivity index (χ4v) is 3.41. The van der Waals surface area contributed by atoms with Crippen LogP contribution < -0.4 is 10.0 Å². The van der Waals surface area contributed by atoms with Gasteiger partial charge in [0.15, 0.2) is 0 Å². The van der Waals surface area contributed by atoms with Gasteiger partial charge in [-0.05, 0) is 37.1 Å². The molecule has 0 radical (unpaired) electrons. The zero-order valence-corrected chi connectivity index (χ0v) is 16.1. The predicted octanol–water partition coefficient (Wildman–Crippen LogP) is 5.17. The van der Waals surface area contributed by atoms with Crippen molar-refractivity contribution in [3.63, 3.8) is 0 Å². The van der Waals surface area contributed by atoms with Gasteiger partial charge in [-0.25, -0.2) is 8.42 Å². The highest BCUT2D eigenvalue weighted by Gasteiger charge is 2.17. The maximum atomic E-state index is 12.6. The summed E-state index contributed by atoms with van der Waals surface area (Å²) >= 11 is 12.1. The number of hydrogen-bond donors (Lipinski definition) is 2. The van der Waals surface area contributed by atoms with Crippen molar-refractivity contribution in [3.05, 3.63) is 52.0 Å². The van der Waals surface area contributed by atoms with Gasteiger partial charge >= 0.3 is 0 Å². The molecule has 0 unspecified atom stereocenters. The zero-order valence-electron chi connectivity index (χ0n) is 13.7. The van der Waals surface area contributed by atoms with Crippen LogP contribution >= 0.6 is 23.2 Å². The molecule has 0 saturated carbocycles. The van der Waals surface area contributed by atoms with Gasteiger partial charge in [-0.15, -0.1) is 0 Å². The van der Waals surface area contributed by atoms with Crippen molar-refractivity contribution in [3.8, 4) is 0 Å². The Kier molecular flexibility index (Phi) is 6.01. The van der Waals surface area contributed by atoms with E-state index >= 15 is 0 Å². The Hall–Kier alpha value is -1.43. The molecule has 0 heterocycles. The third-order valence-corrected chi connectivity index (χ3v) is 5.44. The largest absolute Gasteiger partial charge is 0.383 e. The number of nitrogens with one attached hydrogen (secondary N) is 2. The maximum absolute atomic E-state index is 12.6. The lowest BCUT2D eigenvalue weighted by Crippen LogP contribution is -2.16. The van der Waals surface area contributed by atoms with Gasteiger partial charge in [-0.3, -0.25) is 4.72 Å². The summed E-state index contributed by atoms with van der Waals surface area (Å²) in [5.41, 5.74) is 1.95. The van der Waals surface area contributed by atoms with Crippen molar-refractivity contribution in [2.45, 2.75) is 25.7 Å². The topological polar surface area (TPSA) is 58.2 Å². The van der Waals surface area contributed by atoms with Crippen molar-refractivity contribution < 1.29 is 8.42 Å². The molecule has 0 aliphatic rings. The average molecular weight is 387 g/mol. The Morgan fingerprint density at radius 2 is 1.54 bits per heavy atom. The lowest BCUT2D eigenvalue weighted by molar-refractivity contribution is 0.601. The van der Waals surface area contributed by atoms with E-state index in [0.29, 0.717) is 28.9 Å². The molecular formula is C17H20Cl2N2O2S. The molecule has 2 N–H and O–H groups in total. The molecule has 0 spiro atoms. The summed E-state index contributed by atoms with van der Waals surface area (Å²) < 4.78 is 27.8. The number of hydrogen-bond acceptors (Lipinski definition) is 3. The lowest BCUT2D eigenvalue weighted by Gasteiger charge is -2.16. The van der Waals surface area contributed by atoms with E-state index in [2.05, 4.69) is 23.9 Å². The summed E-state index contributed by atoms with van der Waals surface area (Å²) in [6.45, 7) is 6.69. The van der Waals surface area contributed by atoms with E-state index in [9.17, 15) is 8.42 Å². The van der Waals surface area contributed by atoms with E-state index in [1.807, 2.05) is 6.92 Å². The molecular weight excluding hydrogens is 367 g/mol. The molecule has 0 bridgehead atoms. The molecule has 2 aromatic carbocycles. The second kappa shape index (κ2) is 7.64. The van der Waals surface area contributed by atoms with Crippen LogP contribution in [0.5, 0.6) is 0 Å². The first-order valence-corrected chi connectivity index (χ1v) is 9.75. The van der Waals surface area contributed by atoms with Gasteiger partial charge in [0.25, 0.3) is 10.0 Å². The van der Waals surface area contributed by atoms with E-state index in [-0.39, 0.29) is 9.92 Å². The third-order valence-electron chi connectivity index (χ3n) is 3.34. The summed E-state index contributed by atoms with van der Waals surface area (Å²) in [7, 11) is -3.71. The Labute approximate surface area is 153 Å². The van der Waals surface area contributed by atoms with Crippen molar-refractivity contribution >= 4 is 44.6 Å². The van der Waals surface area contributed by atoms with E-state index in [1.165, 1.54) is 6.07 Å². The molecule has 2 aromatic rings. The van der Waals surface area contributed by atoms with Gasteiger partial charge < -0.3 is 5.32 Å². The first-order chi connectivity index (χ1) is 11.2. The second-order valence-corrected chi connectivity index (χ2v) is 8.50. The minimum absolute atomic E-state index is 0.189. The van der Waals surface area contributed by atoms with Gasteiger partial charge in [-0.2, -0.15) is 0 Å². The highest BCUT2D eigenvalue weighted by molar-refractivity contribution is 7.92. The van der Waals surface area contributed by atoms with Crippen LogP contribution in [0.4, 0.5) is 11.4 Å². The lowest BCUT2D eigenvalue weighted by atomic mass is 10.2. The molecule has 0 aromatic heterocycles. The summed E-state index contributed by atoms with van der Waals surface area (Å²) in [6.07, 6.45) is 0.